The maximum Gasteiger partial charge on any atom is 0.303 e. The van der Waals surface area contributed by atoms with Gasteiger partial charge in [-0.15, -0.1) is 0 Å². The first-order valence-corrected chi connectivity index (χ1v) is 9.77. The van der Waals surface area contributed by atoms with Crippen molar-refractivity contribution in [1.82, 2.24) is 0 Å². The molecule has 0 radical (unpaired) electrons. The number of rotatable bonds is 9. The molecule has 0 aliphatic heterocycles. The number of carbonyl (C=O) groups is 1. The fraction of sp³-hybridized carbons (Fsp3) is 0.316. The molecule has 2 N–H and O–H groups in total. The van der Waals surface area contributed by atoms with Crippen LogP contribution in [-0.2, 0) is 17.8 Å². The molecular weight excluding hydrogens is 466 g/mol. The minimum Gasteiger partial charge on any atom is -0.494 e. The Kier molecular flexibility index (Phi) is 7.78. The van der Waals surface area contributed by atoms with Gasteiger partial charge in [0, 0.05) is 18.5 Å². The van der Waals surface area contributed by atoms with Crippen LogP contribution in [0.4, 0.5) is 5.69 Å². The molecule has 7 heteroatoms. The summed E-state index contributed by atoms with van der Waals surface area (Å²) in [6.45, 7) is 3.17. The van der Waals surface area contributed by atoms with Gasteiger partial charge >= 0.3 is 5.97 Å². The van der Waals surface area contributed by atoms with Crippen LogP contribution in [0.15, 0.2) is 39.3 Å². The Bertz CT molecular complexity index is 757. The van der Waals surface area contributed by atoms with E-state index in [2.05, 4.69) is 37.2 Å². The molecule has 140 valence electrons. The number of aliphatic carboxylic acids is 1. The minimum atomic E-state index is -0.815. The van der Waals surface area contributed by atoms with Crippen LogP contribution in [0.25, 0.3) is 0 Å². The Hall–Kier alpha value is -1.73. The molecule has 0 aromatic heterocycles. The number of nitrogens with one attached hydrogen (secondary N) is 1. The van der Waals surface area contributed by atoms with Crippen molar-refractivity contribution in [2.75, 3.05) is 19.0 Å². The second-order valence-corrected chi connectivity index (χ2v) is 7.31. The van der Waals surface area contributed by atoms with Gasteiger partial charge in [-0.3, -0.25) is 4.79 Å². The highest BCUT2D eigenvalue weighted by Crippen LogP contribution is 2.37. The first-order chi connectivity index (χ1) is 12.5. The second-order valence-electron chi connectivity index (χ2n) is 5.60. The van der Waals surface area contributed by atoms with Crippen LogP contribution >= 0.6 is 31.9 Å². The largest absolute Gasteiger partial charge is 0.494 e. The van der Waals surface area contributed by atoms with Crippen LogP contribution < -0.4 is 14.8 Å². The van der Waals surface area contributed by atoms with Gasteiger partial charge in [0.05, 0.1) is 21.7 Å². The minimum absolute atomic E-state index is 0.0908. The highest BCUT2D eigenvalue weighted by atomic mass is 79.9. The summed E-state index contributed by atoms with van der Waals surface area (Å²) in [6, 6.07) is 9.65. The molecule has 26 heavy (non-hydrogen) atoms. The Morgan fingerprint density at radius 2 is 1.88 bits per heavy atom. The number of carboxylic acids is 1. The number of ether oxygens (including phenoxy) is 2. The van der Waals surface area contributed by atoms with Crippen LogP contribution in [0.3, 0.4) is 0 Å². The number of hydrogen-bond acceptors (Lipinski definition) is 4. The zero-order valence-electron chi connectivity index (χ0n) is 14.6. The van der Waals surface area contributed by atoms with E-state index in [9.17, 15) is 4.79 Å². The van der Waals surface area contributed by atoms with Gasteiger partial charge in [-0.05, 0) is 69.0 Å². The van der Waals surface area contributed by atoms with Gasteiger partial charge in [-0.1, -0.05) is 12.1 Å². The molecule has 0 spiro atoms. The summed E-state index contributed by atoms with van der Waals surface area (Å²) in [4.78, 5) is 10.7. The fourth-order valence-corrected chi connectivity index (χ4v) is 4.08. The normalized spacial score (nSPS) is 10.5. The van der Waals surface area contributed by atoms with Gasteiger partial charge in [0.1, 0.15) is 18.1 Å². The van der Waals surface area contributed by atoms with Gasteiger partial charge in [0.25, 0.3) is 0 Å². The molecule has 0 atom stereocenters. The van der Waals surface area contributed by atoms with E-state index in [-0.39, 0.29) is 6.42 Å². The zero-order chi connectivity index (χ0) is 19.1. The maximum atomic E-state index is 10.7. The molecule has 2 aromatic carbocycles. The number of halogens is 2. The highest BCUT2D eigenvalue weighted by Gasteiger charge is 2.13. The predicted molar refractivity (Wildman–Crippen MR) is 109 cm³/mol. The van der Waals surface area contributed by atoms with E-state index in [1.165, 1.54) is 0 Å². The lowest BCUT2D eigenvalue weighted by atomic mass is 10.1. The van der Waals surface area contributed by atoms with E-state index in [1.807, 2.05) is 37.3 Å². The van der Waals surface area contributed by atoms with E-state index in [1.54, 1.807) is 7.11 Å². The molecule has 0 amide bonds. The van der Waals surface area contributed by atoms with E-state index in [4.69, 9.17) is 14.6 Å². The number of aryl methyl sites for hydroxylation is 1. The fourth-order valence-electron chi connectivity index (χ4n) is 2.57. The van der Waals surface area contributed by atoms with E-state index < -0.39 is 5.97 Å². The van der Waals surface area contributed by atoms with E-state index in [0.717, 1.165) is 38.1 Å². The van der Waals surface area contributed by atoms with Crippen molar-refractivity contribution in [1.29, 1.82) is 0 Å². The molecule has 0 saturated carbocycles. The van der Waals surface area contributed by atoms with E-state index >= 15 is 0 Å². The standard InChI is InChI=1S/C19H21Br2NO4/c1-3-22-16-6-4-5-13(18(16)25-2)11-26-19-14(20)9-12(10-15(19)21)7-8-17(23)24/h4-6,9-10,22H,3,7-8,11H2,1-2H3,(H,23,24). The van der Waals surface area contributed by atoms with Crippen LogP contribution in [0.5, 0.6) is 11.5 Å². The summed E-state index contributed by atoms with van der Waals surface area (Å²) in [7, 11) is 1.64. The third kappa shape index (κ3) is 5.38. The Labute approximate surface area is 170 Å². The van der Waals surface area contributed by atoms with Gasteiger partial charge in [0.15, 0.2) is 0 Å². The Morgan fingerprint density at radius 3 is 2.46 bits per heavy atom. The van der Waals surface area contributed by atoms with Crippen molar-refractivity contribution in [3.05, 3.63) is 50.4 Å². The van der Waals surface area contributed by atoms with Crippen LogP contribution in [0, 0.1) is 0 Å². The van der Waals surface area contributed by atoms with Gasteiger partial charge < -0.3 is 19.9 Å². The van der Waals surface area contributed by atoms with Crippen molar-refractivity contribution in [3.63, 3.8) is 0 Å². The molecule has 2 aromatic rings. The number of anilines is 1. The van der Waals surface area contributed by atoms with Gasteiger partial charge in [0.2, 0.25) is 0 Å². The van der Waals surface area contributed by atoms with Crippen LogP contribution in [0.1, 0.15) is 24.5 Å². The molecule has 5 nitrogen and oxygen atoms in total. The van der Waals surface area contributed by atoms with Crippen LogP contribution in [0.2, 0.25) is 0 Å². The summed E-state index contributed by atoms with van der Waals surface area (Å²) >= 11 is 7.01. The average molecular weight is 487 g/mol. The molecule has 0 saturated heterocycles. The van der Waals surface area contributed by atoms with Gasteiger partial charge in [-0.2, -0.15) is 0 Å². The zero-order valence-corrected chi connectivity index (χ0v) is 17.8. The summed E-state index contributed by atoms with van der Waals surface area (Å²) < 4.78 is 13.1. The molecule has 0 bridgehead atoms. The lowest BCUT2D eigenvalue weighted by Gasteiger charge is -2.16. The number of hydrogen-bond donors (Lipinski definition) is 2. The molecule has 0 aliphatic rings. The number of benzene rings is 2. The molecule has 0 fully saturated rings. The van der Waals surface area contributed by atoms with Crippen molar-refractivity contribution in [3.8, 4) is 11.5 Å². The quantitative estimate of drug-likeness (QED) is 0.506. The monoisotopic (exact) mass is 485 g/mol. The Morgan fingerprint density at radius 1 is 1.19 bits per heavy atom. The van der Waals surface area contributed by atoms with Crippen molar-refractivity contribution in [2.45, 2.75) is 26.4 Å². The van der Waals surface area contributed by atoms with Gasteiger partial charge in [-0.25, -0.2) is 0 Å². The van der Waals surface area contributed by atoms with Crippen molar-refractivity contribution in [2.24, 2.45) is 0 Å². The van der Waals surface area contributed by atoms with Crippen molar-refractivity contribution >= 4 is 43.5 Å². The predicted octanol–water partition coefficient (Wildman–Crippen LogP) is 5.25. The molecule has 2 rings (SSSR count). The SMILES string of the molecule is CCNc1cccc(COc2c(Br)cc(CCC(=O)O)cc2Br)c1OC. The third-order valence-corrected chi connectivity index (χ3v) is 4.90. The summed E-state index contributed by atoms with van der Waals surface area (Å²) in [5, 5.41) is 12.1. The smallest absolute Gasteiger partial charge is 0.303 e. The topological polar surface area (TPSA) is 67.8 Å². The highest BCUT2D eigenvalue weighted by molar-refractivity contribution is 9.11. The van der Waals surface area contributed by atoms with Crippen LogP contribution in [-0.4, -0.2) is 24.7 Å². The maximum absolute atomic E-state index is 10.7. The average Bonchev–Trinajstić information content (AvgIpc) is 2.59. The second kappa shape index (κ2) is 9.83. The molecular formula is C19H21Br2NO4. The summed E-state index contributed by atoms with van der Waals surface area (Å²) in [5.74, 6) is 0.616. The molecule has 0 heterocycles. The lowest BCUT2D eigenvalue weighted by molar-refractivity contribution is -0.136. The first-order valence-electron chi connectivity index (χ1n) is 8.18. The summed E-state index contributed by atoms with van der Waals surface area (Å²) in [5.41, 5.74) is 2.78. The molecule has 0 unspecified atom stereocenters. The first kappa shape index (κ1) is 20.6. The Balaban J connectivity index is 2.17. The lowest BCUT2D eigenvalue weighted by Crippen LogP contribution is -2.04. The number of carboxylic acid groups (broad SMARTS) is 1. The number of para-hydroxylation sites is 1. The third-order valence-electron chi connectivity index (χ3n) is 3.73. The number of methoxy groups -OCH3 is 1. The molecule has 0 aliphatic carbocycles. The summed E-state index contributed by atoms with van der Waals surface area (Å²) in [6.07, 6.45) is 0.554. The van der Waals surface area contributed by atoms with Crippen molar-refractivity contribution < 1.29 is 19.4 Å². The van der Waals surface area contributed by atoms with E-state index in [0.29, 0.717) is 18.8 Å².